The summed E-state index contributed by atoms with van der Waals surface area (Å²) in [5.74, 6) is 0. The summed E-state index contributed by atoms with van der Waals surface area (Å²) in [6.45, 7) is 5.33. The Morgan fingerprint density at radius 3 is 2.67 bits per heavy atom. The van der Waals surface area contributed by atoms with E-state index < -0.39 is 17.8 Å². The van der Waals surface area contributed by atoms with E-state index in [-0.39, 0.29) is 29.9 Å². The molecule has 3 aliphatic rings. The molecule has 4 N–H and O–H groups in total. The largest absolute Gasteiger partial charge is 0.413 e. The molecule has 7 rings (SSSR count). The van der Waals surface area contributed by atoms with Gasteiger partial charge in [-0.05, 0) is 43.0 Å². The molecule has 236 valence electrons. The summed E-state index contributed by atoms with van der Waals surface area (Å²) in [6, 6.07) is 12.9. The van der Waals surface area contributed by atoms with Crippen LogP contribution in [0, 0.1) is 28.1 Å². The van der Waals surface area contributed by atoms with Gasteiger partial charge in [-0.2, -0.15) is 23.7 Å². The maximum Gasteiger partial charge on any atom is 0.413 e. The highest BCUT2D eigenvalue weighted by Gasteiger charge is 2.67. The molecule has 2 atom stereocenters. The molecule has 0 bridgehead atoms. The van der Waals surface area contributed by atoms with Crippen LogP contribution in [0.25, 0.3) is 21.1 Å². The van der Waals surface area contributed by atoms with Crippen molar-refractivity contribution in [3.63, 3.8) is 0 Å². The number of halogens is 3. The van der Waals surface area contributed by atoms with Crippen LogP contribution in [0.1, 0.15) is 55.8 Å². The molecule has 2 aromatic carbocycles. The summed E-state index contributed by atoms with van der Waals surface area (Å²) in [5.41, 5.74) is 9.40. The number of hydrogen-bond donors (Lipinski definition) is 4. The molecule has 1 saturated carbocycles. The molecule has 1 unspecified atom stereocenters. The smallest absolute Gasteiger partial charge is 0.381 e. The Morgan fingerprint density at radius 2 is 1.96 bits per heavy atom. The highest BCUT2D eigenvalue weighted by molar-refractivity contribution is 7.17. The van der Waals surface area contributed by atoms with Gasteiger partial charge in [0.1, 0.15) is 12.1 Å². The Hall–Kier alpha value is -4.63. The van der Waals surface area contributed by atoms with Crippen LogP contribution in [0.5, 0.6) is 0 Å². The van der Waals surface area contributed by atoms with E-state index in [0.717, 1.165) is 27.2 Å². The van der Waals surface area contributed by atoms with Gasteiger partial charge in [0.2, 0.25) is 0 Å². The van der Waals surface area contributed by atoms with Crippen molar-refractivity contribution in [3.8, 4) is 12.1 Å². The van der Waals surface area contributed by atoms with Crippen LogP contribution in [0.15, 0.2) is 53.9 Å². The van der Waals surface area contributed by atoms with E-state index in [9.17, 15) is 23.7 Å². The van der Waals surface area contributed by atoms with Gasteiger partial charge < -0.3 is 20.8 Å². The molecule has 1 saturated heterocycles. The normalized spacial score (nSPS) is 20.8. The van der Waals surface area contributed by atoms with E-state index in [1.54, 1.807) is 11.6 Å². The summed E-state index contributed by atoms with van der Waals surface area (Å²) in [6.07, 6.45) is -0.778. The Balaban J connectivity index is 1.34. The van der Waals surface area contributed by atoms with Gasteiger partial charge >= 0.3 is 6.18 Å². The molecule has 10 nitrogen and oxygen atoms in total. The minimum Gasteiger partial charge on any atom is -0.381 e. The second-order valence-corrected chi connectivity index (χ2v) is 13.4. The molecule has 2 aromatic heterocycles. The fourth-order valence-electron chi connectivity index (χ4n) is 6.29. The van der Waals surface area contributed by atoms with Crippen LogP contribution >= 0.6 is 11.3 Å². The highest BCUT2D eigenvalue weighted by atomic mass is 32.1. The number of anilines is 2. The topological polar surface area (TPSA) is 134 Å². The van der Waals surface area contributed by atoms with E-state index in [4.69, 9.17) is 4.74 Å². The highest BCUT2D eigenvalue weighted by Crippen LogP contribution is 2.54. The first-order chi connectivity index (χ1) is 22.0. The van der Waals surface area contributed by atoms with Gasteiger partial charge in [0.05, 0.1) is 56.4 Å². The first kappa shape index (κ1) is 30.0. The summed E-state index contributed by atoms with van der Waals surface area (Å²) in [5, 5.41) is 29.0. The Labute approximate surface area is 266 Å². The lowest BCUT2D eigenvalue weighted by Crippen LogP contribution is -2.52. The number of hydrogen-bond acceptors (Lipinski definition) is 11. The maximum absolute atomic E-state index is 14.0. The number of nitrogens with one attached hydrogen (secondary N) is 4. The summed E-state index contributed by atoms with van der Waals surface area (Å²) >= 11 is 1.43. The molecular weight excluding hydrogens is 615 g/mol. The zero-order chi connectivity index (χ0) is 32.3. The number of ether oxygens (including phenoxy) is 1. The first-order valence-corrected chi connectivity index (χ1v) is 15.7. The molecule has 0 radical (unpaired) electrons. The molecule has 46 heavy (non-hydrogen) atoms. The molecule has 2 aliphatic heterocycles. The molecule has 0 amide bonds. The van der Waals surface area contributed by atoms with Crippen molar-refractivity contribution >= 4 is 43.8 Å². The third-order valence-corrected chi connectivity index (χ3v) is 10.0. The van der Waals surface area contributed by atoms with Gasteiger partial charge in [-0.3, -0.25) is 9.99 Å². The number of fused-ring (bicyclic) bond motifs is 2. The third-order valence-electron chi connectivity index (χ3n) is 9.12. The van der Waals surface area contributed by atoms with Gasteiger partial charge in [0, 0.05) is 41.5 Å². The maximum atomic E-state index is 14.0. The molecule has 1 aliphatic carbocycles. The fourth-order valence-corrected chi connectivity index (χ4v) is 7.13. The predicted octanol–water partition coefficient (Wildman–Crippen LogP) is 6.23. The second kappa shape index (κ2) is 11.0. The number of pyridine rings is 1. The van der Waals surface area contributed by atoms with E-state index >= 15 is 0 Å². The quantitative estimate of drug-likeness (QED) is 0.183. The van der Waals surface area contributed by atoms with E-state index in [2.05, 4.69) is 57.5 Å². The predicted molar refractivity (Wildman–Crippen MR) is 168 cm³/mol. The van der Waals surface area contributed by atoms with Crippen molar-refractivity contribution in [2.45, 2.75) is 56.9 Å². The number of thiazole rings is 1. The fraction of sp³-hybridized carbons (Fsp3) is 0.375. The minimum absolute atomic E-state index is 0.00828. The first-order valence-electron chi connectivity index (χ1n) is 14.8. The standard InChI is InChI=1S/C32H30F3N9OS/c1-30(2)16-45-9-6-25(30)41-27-19(13-37)14-38-26-18(12-36)10-20(11-22(26)27)40-28(21-4-3-5-23-29(21)46-17-39-23)24-15-44(43-42-24)31(7-8-31)32(33,34)35/h3-5,10-11,14-15,17,25,28,40,42-43H,6-9,16H2,1-2H3,(H,38,41)/t25?,28-/m0/s1. The lowest BCUT2D eigenvalue weighted by atomic mass is 9.81. The Kier molecular flexibility index (Phi) is 7.20. The number of nitrogens with zero attached hydrogens (tertiary/aromatic N) is 5. The van der Waals surface area contributed by atoms with Crippen LogP contribution < -0.4 is 21.6 Å². The average Bonchev–Trinajstić information content (AvgIpc) is 3.47. The zero-order valence-corrected chi connectivity index (χ0v) is 25.8. The Bertz CT molecular complexity index is 1950. The number of rotatable bonds is 7. The SMILES string of the molecule is CC1(C)COCCC1Nc1c(C#N)cnc2c(C#N)cc(N[C@H](C3=CN(C4(C(F)(F)F)CC4)NN3)c3cccc4ncsc34)cc12. The molecule has 14 heteroatoms. The molecule has 0 spiro atoms. The van der Waals surface area contributed by atoms with Gasteiger partial charge in [-0.1, -0.05) is 26.0 Å². The zero-order valence-electron chi connectivity index (χ0n) is 25.0. The van der Waals surface area contributed by atoms with Crippen molar-refractivity contribution in [1.29, 1.82) is 10.5 Å². The summed E-state index contributed by atoms with van der Waals surface area (Å²) in [4.78, 5) is 8.91. The third kappa shape index (κ3) is 5.03. The monoisotopic (exact) mass is 645 g/mol. The van der Waals surface area contributed by atoms with Crippen LogP contribution in [-0.2, 0) is 4.74 Å². The average molecular weight is 646 g/mol. The number of aromatic nitrogens is 2. The lowest BCUT2D eigenvalue weighted by Gasteiger charge is -2.39. The number of benzene rings is 2. The van der Waals surface area contributed by atoms with Crippen molar-refractivity contribution < 1.29 is 17.9 Å². The van der Waals surface area contributed by atoms with Gasteiger partial charge in [0.15, 0.2) is 5.54 Å². The van der Waals surface area contributed by atoms with E-state index in [0.29, 0.717) is 46.8 Å². The molecule has 4 aromatic rings. The van der Waals surface area contributed by atoms with Crippen molar-refractivity contribution in [1.82, 2.24) is 25.9 Å². The second-order valence-electron chi connectivity index (χ2n) is 12.6. The van der Waals surface area contributed by atoms with E-state index in [1.165, 1.54) is 23.7 Å². The van der Waals surface area contributed by atoms with Crippen LogP contribution in [0.2, 0.25) is 0 Å². The number of hydrazine groups is 2. The molecule has 2 fully saturated rings. The van der Waals surface area contributed by atoms with Crippen molar-refractivity contribution in [3.05, 3.63) is 70.6 Å². The van der Waals surface area contributed by atoms with Gasteiger partial charge in [-0.15, -0.1) is 16.9 Å². The van der Waals surface area contributed by atoms with Crippen LogP contribution in [0.4, 0.5) is 24.5 Å². The number of nitriles is 2. The van der Waals surface area contributed by atoms with Crippen molar-refractivity contribution in [2.24, 2.45) is 5.41 Å². The summed E-state index contributed by atoms with van der Waals surface area (Å²) in [7, 11) is 0. The van der Waals surface area contributed by atoms with Crippen LogP contribution in [0.3, 0.4) is 0 Å². The van der Waals surface area contributed by atoms with Crippen LogP contribution in [-0.4, -0.2) is 45.9 Å². The minimum atomic E-state index is -4.41. The Morgan fingerprint density at radius 1 is 1.15 bits per heavy atom. The lowest BCUT2D eigenvalue weighted by molar-refractivity contribution is -0.195. The van der Waals surface area contributed by atoms with Crippen molar-refractivity contribution in [2.75, 3.05) is 23.8 Å². The van der Waals surface area contributed by atoms with E-state index in [1.807, 2.05) is 24.3 Å². The van der Waals surface area contributed by atoms with Gasteiger partial charge in [0.25, 0.3) is 0 Å². The van der Waals surface area contributed by atoms with Gasteiger partial charge in [-0.25, -0.2) is 4.98 Å². The summed E-state index contributed by atoms with van der Waals surface area (Å²) < 4.78 is 48.7. The molecular formula is C32H30F3N9OS. The number of alkyl halides is 3. The molecule has 4 heterocycles.